The number of carbonyl (C=O) groups excluding carboxylic acids is 1. The molecule has 110 valence electrons. The van der Waals surface area contributed by atoms with E-state index < -0.39 is 5.60 Å². The maximum Gasteiger partial charge on any atom is 0.410 e. The van der Waals surface area contributed by atoms with Gasteiger partial charge in [-0.05, 0) is 46.7 Å². The van der Waals surface area contributed by atoms with Crippen molar-refractivity contribution in [3.63, 3.8) is 0 Å². The molecule has 1 amide bonds. The van der Waals surface area contributed by atoms with Crippen LogP contribution in [0, 0.1) is 0 Å². The van der Waals surface area contributed by atoms with Crippen LogP contribution in [0.15, 0.2) is 0 Å². The molecule has 19 heavy (non-hydrogen) atoms. The summed E-state index contributed by atoms with van der Waals surface area (Å²) in [5.41, 5.74) is -0.410. The largest absolute Gasteiger partial charge is 0.444 e. The number of carbonyl (C=O) groups is 1. The highest BCUT2D eigenvalue weighted by Crippen LogP contribution is 2.13. The van der Waals surface area contributed by atoms with Gasteiger partial charge in [-0.3, -0.25) is 0 Å². The van der Waals surface area contributed by atoms with Crippen LogP contribution in [0.3, 0.4) is 0 Å². The zero-order valence-electron chi connectivity index (χ0n) is 12.4. The number of hydrogen-bond donors (Lipinski definition) is 1. The van der Waals surface area contributed by atoms with Crippen LogP contribution in [-0.2, 0) is 4.74 Å². The lowest BCUT2D eigenvalue weighted by Gasteiger charge is -2.36. The van der Waals surface area contributed by atoms with Gasteiger partial charge in [0.1, 0.15) is 5.60 Å². The Morgan fingerprint density at radius 3 is 2.58 bits per heavy atom. The summed E-state index contributed by atoms with van der Waals surface area (Å²) in [5.74, 6) is 0. The lowest BCUT2D eigenvalue weighted by Crippen LogP contribution is -2.56. The van der Waals surface area contributed by atoms with Crippen LogP contribution < -0.4 is 5.32 Å². The highest BCUT2D eigenvalue weighted by Gasteiger charge is 2.28. The molecule has 0 spiro atoms. The Hall–Kier alpha value is -0.810. The van der Waals surface area contributed by atoms with E-state index in [4.69, 9.17) is 4.74 Å². The van der Waals surface area contributed by atoms with Gasteiger partial charge in [-0.2, -0.15) is 0 Å². The zero-order valence-corrected chi connectivity index (χ0v) is 12.4. The minimum atomic E-state index is -0.410. The molecule has 5 nitrogen and oxygen atoms in total. The molecule has 2 heterocycles. The molecule has 5 heteroatoms. The Balaban J connectivity index is 1.80. The van der Waals surface area contributed by atoms with E-state index in [2.05, 4.69) is 10.2 Å². The molecule has 2 rings (SSSR count). The molecule has 2 aliphatic heterocycles. The summed E-state index contributed by atoms with van der Waals surface area (Å²) in [7, 11) is 0. The van der Waals surface area contributed by atoms with E-state index in [0.717, 1.165) is 26.2 Å². The first-order valence-electron chi connectivity index (χ1n) is 7.38. The average Bonchev–Trinajstić information content (AvgIpc) is 2.80. The third-order valence-corrected chi connectivity index (χ3v) is 3.58. The van der Waals surface area contributed by atoms with Crippen molar-refractivity contribution in [3.8, 4) is 0 Å². The molecule has 0 radical (unpaired) electrons. The second kappa shape index (κ2) is 6.09. The van der Waals surface area contributed by atoms with Crippen molar-refractivity contribution in [2.24, 2.45) is 0 Å². The molecule has 2 saturated heterocycles. The Kier molecular flexibility index (Phi) is 4.68. The molecule has 1 N–H and O–H groups in total. The van der Waals surface area contributed by atoms with Crippen molar-refractivity contribution in [2.45, 2.75) is 45.3 Å². The smallest absolute Gasteiger partial charge is 0.410 e. The van der Waals surface area contributed by atoms with Crippen LogP contribution in [0.2, 0.25) is 0 Å². The summed E-state index contributed by atoms with van der Waals surface area (Å²) >= 11 is 0. The second-order valence-electron chi connectivity index (χ2n) is 6.59. The molecule has 0 aromatic heterocycles. The minimum Gasteiger partial charge on any atom is -0.444 e. The molecule has 2 aliphatic rings. The molecule has 0 aliphatic carbocycles. The molecular formula is C14H27N3O2. The van der Waals surface area contributed by atoms with Crippen LogP contribution in [0.25, 0.3) is 0 Å². The van der Waals surface area contributed by atoms with E-state index in [1.165, 1.54) is 25.9 Å². The molecule has 0 aromatic carbocycles. The SMILES string of the molecule is CC(C)(C)OC(=O)N1CCNC(CN2CCCC2)C1. The first-order valence-corrected chi connectivity index (χ1v) is 7.38. The predicted molar refractivity (Wildman–Crippen MR) is 75.3 cm³/mol. The molecule has 1 atom stereocenters. The summed E-state index contributed by atoms with van der Waals surface area (Å²) < 4.78 is 5.44. The fourth-order valence-electron chi connectivity index (χ4n) is 2.72. The van der Waals surface area contributed by atoms with Crippen molar-refractivity contribution >= 4 is 6.09 Å². The van der Waals surface area contributed by atoms with Gasteiger partial charge in [0.05, 0.1) is 0 Å². The third-order valence-electron chi connectivity index (χ3n) is 3.58. The summed E-state index contributed by atoms with van der Waals surface area (Å²) in [6, 6.07) is 0.374. The van der Waals surface area contributed by atoms with Gasteiger partial charge in [0.25, 0.3) is 0 Å². The van der Waals surface area contributed by atoms with Crippen molar-refractivity contribution in [1.29, 1.82) is 0 Å². The van der Waals surface area contributed by atoms with Crippen LogP contribution in [-0.4, -0.2) is 66.8 Å². The topological polar surface area (TPSA) is 44.8 Å². The van der Waals surface area contributed by atoms with E-state index >= 15 is 0 Å². The van der Waals surface area contributed by atoms with Crippen LogP contribution in [0.5, 0.6) is 0 Å². The number of hydrogen-bond acceptors (Lipinski definition) is 4. The first-order chi connectivity index (χ1) is 8.94. The summed E-state index contributed by atoms with van der Waals surface area (Å²) in [6.45, 7) is 11.5. The lowest BCUT2D eigenvalue weighted by molar-refractivity contribution is 0.0184. The number of ether oxygens (including phenoxy) is 1. The molecule has 0 saturated carbocycles. The van der Waals surface area contributed by atoms with Gasteiger partial charge < -0.3 is 19.9 Å². The van der Waals surface area contributed by atoms with Crippen LogP contribution in [0.1, 0.15) is 33.6 Å². The number of nitrogens with zero attached hydrogens (tertiary/aromatic N) is 2. The molecule has 1 unspecified atom stereocenters. The van der Waals surface area contributed by atoms with E-state index in [-0.39, 0.29) is 6.09 Å². The molecule has 0 bridgehead atoms. The van der Waals surface area contributed by atoms with Gasteiger partial charge in [-0.1, -0.05) is 0 Å². The quantitative estimate of drug-likeness (QED) is 0.820. The third kappa shape index (κ3) is 4.66. The fourth-order valence-corrected chi connectivity index (χ4v) is 2.72. The van der Waals surface area contributed by atoms with Crippen molar-refractivity contribution < 1.29 is 9.53 Å². The number of piperazine rings is 1. The summed E-state index contributed by atoms with van der Waals surface area (Å²) in [4.78, 5) is 16.4. The maximum atomic E-state index is 12.1. The van der Waals surface area contributed by atoms with Gasteiger partial charge in [0, 0.05) is 32.2 Å². The monoisotopic (exact) mass is 269 g/mol. The Labute approximate surface area is 116 Å². The van der Waals surface area contributed by atoms with Gasteiger partial charge in [-0.25, -0.2) is 4.79 Å². The van der Waals surface area contributed by atoms with E-state index in [1.54, 1.807) is 0 Å². The van der Waals surface area contributed by atoms with Crippen molar-refractivity contribution in [1.82, 2.24) is 15.1 Å². The molecular weight excluding hydrogens is 242 g/mol. The normalized spacial score (nSPS) is 25.6. The highest BCUT2D eigenvalue weighted by molar-refractivity contribution is 5.68. The van der Waals surface area contributed by atoms with Crippen LogP contribution in [0.4, 0.5) is 4.79 Å². The lowest BCUT2D eigenvalue weighted by atomic mass is 10.2. The van der Waals surface area contributed by atoms with Gasteiger partial charge in [-0.15, -0.1) is 0 Å². The standard InChI is InChI=1S/C14H27N3O2/c1-14(2,3)19-13(18)17-9-6-15-12(11-17)10-16-7-4-5-8-16/h12,15H,4-11H2,1-3H3. The van der Waals surface area contributed by atoms with Crippen molar-refractivity contribution in [3.05, 3.63) is 0 Å². The van der Waals surface area contributed by atoms with Gasteiger partial charge in [0.2, 0.25) is 0 Å². The van der Waals surface area contributed by atoms with Gasteiger partial charge >= 0.3 is 6.09 Å². The predicted octanol–water partition coefficient (Wildman–Crippen LogP) is 1.29. The second-order valence-corrected chi connectivity index (χ2v) is 6.59. The van der Waals surface area contributed by atoms with Gasteiger partial charge in [0.15, 0.2) is 0 Å². The Morgan fingerprint density at radius 1 is 1.26 bits per heavy atom. The average molecular weight is 269 g/mol. The minimum absolute atomic E-state index is 0.180. The highest BCUT2D eigenvalue weighted by atomic mass is 16.6. The maximum absolute atomic E-state index is 12.1. The van der Waals surface area contributed by atoms with E-state index in [1.807, 2.05) is 25.7 Å². The molecule has 2 fully saturated rings. The number of amides is 1. The number of rotatable bonds is 2. The summed E-state index contributed by atoms with van der Waals surface area (Å²) in [6.07, 6.45) is 2.44. The van der Waals surface area contributed by atoms with Crippen molar-refractivity contribution in [2.75, 3.05) is 39.3 Å². The fraction of sp³-hybridized carbons (Fsp3) is 0.929. The van der Waals surface area contributed by atoms with E-state index in [9.17, 15) is 4.79 Å². The van der Waals surface area contributed by atoms with Crippen LogP contribution >= 0.6 is 0 Å². The molecule has 0 aromatic rings. The first kappa shape index (κ1) is 14.6. The Morgan fingerprint density at radius 2 is 1.95 bits per heavy atom. The number of likely N-dealkylation sites (tertiary alicyclic amines) is 1. The van der Waals surface area contributed by atoms with E-state index in [0.29, 0.717) is 6.04 Å². The Bertz CT molecular complexity index is 308. The summed E-state index contributed by atoms with van der Waals surface area (Å²) in [5, 5.41) is 3.50. The zero-order chi connectivity index (χ0) is 13.9. The number of nitrogens with one attached hydrogen (secondary N) is 1.